The second kappa shape index (κ2) is 4.20. The van der Waals surface area contributed by atoms with Crippen LogP contribution in [0.3, 0.4) is 0 Å². The van der Waals surface area contributed by atoms with Gasteiger partial charge in [0.25, 0.3) is 0 Å². The average Bonchev–Trinajstić information content (AvgIpc) is 2.81. The standard InChI is InChI=1S/C16H18N2O2/c1-16(2)11-6-4-5-7-12(11)18(3)13(16)8-10-9-14(19)17-15(10)20/h4-8,10H,9H2,1-3H3,(H,17,19,20). The van der Waals surface area contributed by atoms with Crippen molar-refractivity contribution in [3.63, 3.8) is 0 Å². The van der Waals surface area contributed by atoms with Crippen molar-refractivity contribution in [3.05, 3.63) is 41.6 Å². The Kier molecular flexibility index (Phi) is 2.71. The summed E-state index contributed by atoms with van der Waals surface area (Å²) in [5.41, 5.74) is 3.33. The summed E-state index contributed by atoms with van der Waals surface area (Å²) in [7, 11) is 2.01. The minimum Gasteiger partial charge on any atom is -0.347 e. The fourth-order valence-corrected chi connectivity index (χ4v) is 3.20. The Labute approximate surface area is 118 Å². The van der Waals surface area contributed by atoms with E-state index in [2.05, 4.69) is 36.2 Å². The second-order valence-electron chi connectivity index (χ2n) is 5.98. The second-order valence-corrected chi connectivity index (χ2v) is 5.98. The Hall–Kier alpha value is -2.10. The molecule has 1 aromatic carbocycles. The molecular formula is C16H18N2O2. The van der Waals surface area contributed by atoms with Crippen molar-refractivity contribution in [2.75, 3.05) is 11.9 Å². The van der Waals surface area contributed by atoms with Crippen LogP contribution in [0.2, 0.25) is 0 Å². The normalized spacial score (nSPS) is 26.1. The molecule has 1 atom stereocenters. The molecule has 1 saturated heterocycles. The summed E-state index contributed by atoms with van der Waals surface area (Å²) in [5.74, 6) is -0.732. The lowest BCUT2D eigenvalue weighted by molar-refractivity contribution is -0.125. The van der Waals surface area contributed by atoms with Gasteiger partial charge in [-0.2, -0.15) is 0 Å². The third kappa shape index (κ3) is 1.75. The topological polar surface area (TPSA) is 49.4 Å². The number of likely N-dealkylation sites (N-methyl/N-ethyl adjacent to an activating group) is 1. The first-order valence-corrected chi connectivity index (χ1v) is 6.80. The molecule has 3 rings (SSSR count). The van der Waals surface area contributed by atoms with Crippen LogP contribution >= 0.6 is 0 Å². The Bertz CT molecular complexity index is 631. The van der Waals surface area contributed by atoms with Crippen LogP contribution in [-0.4, -0.2) is 18.9 Å². The minimum absolute atomic E-state index is 0.155. The summed E-state index contributed by atoms with van der Waals surface area (Å²) in [6.45, 7) is 4.30. The SMILES string of the molecule is CN1C(=CC2CC(=O)NC2=O)C(C)(C)c2ccccc21. The van der Waals surface area contributed by atoms with E-state index in [1.54, 1.807) is 0 Å². The number of benzene rings is 1. The Morgan fingerprint density at radius 1 is 1.30 bits per heavy atom. The van der Waals surface area contributed by atoms with E-state index >= 15 is 0 Å². The maximum Gasteiger partial charge on any atom is 0.234 e. The number of nitrogens with zero attached hydrogens (tertiary/aromatic N) is 1. The molecule has 1 aromatic rings. The molecule has 4 heteroatoms. The molecule has 0 aliphatic carbocycles. The number of hydrogen-bond donors (Lipinski definition) is 1. The lowest BCUT2D eigenvalue weighted by Crippen LogP contribution is -2.26. The van der Waals surface area contributed by atoms with E-state index in [0.717, 1.165) is 11.4 Å². The van der Waals surface area contributed by atoms with Crippen LogP contribution in [0.4, 0.5) is 5.69 Å². The van der Waals surface area contributed by atoms with Crippen LogP contribution in [0, 0.1) is 5.92 Å². The summed E-state index contributed by atoms with van der Waals surface area (Å²) in [4.78, 5) is 25.2. The number of fused-ring (bicyclic) bond motifs is 1. The highest BCUT2D eigenvalue weighted by atomic mass is 16.2. The zero-order valence-corrected chi connectivity index (χ0v) is 11.9. The molecule has 1 fully saturated rings. The van der Waals surface area contributed by atoms with Crippen molar-refractivity contribution in [2.45, 2.75) is 25.7 Å². The highest BCUT2D eigenvalue weighted by Crippen LogP contribution is 2.47. The third-order valence-electron chi connectivity index (χ3n) is 4.30. The molecule has 0 radical (unpaired) electrons. The molecule has 2 heterocycles. The number of nitrogens with one attached hydrogen (secondary N) is 1. The van der Waals surface area contributed by atoms with Crippen LogP contribution in [0.15, 0.2) is 36.0 Å². The number of hydrogen-bond acceptors (Lipinski definition) is 3. The number of carbonyl (C=O) groups is 2. The van der Waals surface area contributed by atoms with Crippen molar-refractivity contribution in [2.24, 2.45) is 5.92 Å². The molecule has 2 amide bonds. The van der Waals surface area contributed by atoms with Gasteiger partial charge in [0.05, 0.1) is 5.92 Å². The monoisotopic (exact) mass is 270 g/mol. The Balaban J connectivity index is 2.04. The third-order valence-corrected chi connectivity index (χ3v) is 4.30. The van der Waals surface area contributed by atoms with Gasteiger partial charge < -0.3 is 4.90 Å². The summed E-state index contributed by atoms with van der Waals surface area (Å²) in [5, 5.41) is 2.36. The van der Waals surface area contributed by atoms with Gasteiger partial charge in [-0.3, -0.25) is 14.9 Å². The molecule has 20 heavy (non-hydrogen) atoms. The van der Waals surface area contributed by atoms with Gasteiger partial charge in [0.15, 0.2) is 0 Å². The molecule has 0 aromatic heterocycles. The summed E-state index contributed by atoms with van der Waals surface area (Å²) in [6.07, 6.45) is 2.20. The molecule has 1 unspecified atom stereocenters. The number of anilines is 1. The summed E-state index contributed by atoms with van der Waals surface area (Å²) >= 11 is 0. The first-order chi connectivity index (χ1) is 9.41. The molecule has 2 aliphatic rings. The molecule has 104 valence electrons. The van der Waals surface area contributed by atoms with E-state index in [4.69, 9.17) is 0 Å². The van der Waals surface area contributed by atoms with E-state index in [9.17, 15) is 9.59 Å². The lowest BCUT2D eigenvalue weighted by Gasteiger charge is -2.25. The molecule has 1 N–H and O–H groups in total. The number of allylic oxidation sites excluding steroid dienone is 1. The quantitative estimate of drug-likeness (QED) is 0.794. The highest BCUT2D eigenvalue weighted by Gasteiger charge is 2.40. The van der Waals surface area contributed by atoms with Crippen LogP contribution in [0.25, 0.3) is 0 Å². The molecule has 4 nitrogen and oxygen atoms in total. The lowest BCUT2D eigenvalue weighted by atomic mass is 9.82. The summed E-state index contributed by atoms with van der Waals surface area (Å²) in [6, 6.07) is 8.24. The number of imide groups is 1. The van der Waals surface area contributed by atoms with Crippen LogP contribution in [-0.2, 0) is 15.0 Å². The van der Waals surface area contributed by atoms with Crippen molar-refractivity contribution in [1.29, 1.82) is 0 Å². The number of amides is 2. The largest absolute Gasteiger partial charge is 0.347 e. The number of rotatable bonds is 1. The van der Waals surface area contributed by atoms with Gasteiger partial charge in [0.2, 0.25) is 11.8 Å². The van der Waals surface area contributed by atoms with E-state index in [-0.39, 0.29) is 29.6 Å². The maximum atomic E-state index is 11.8. The van der Waals surface area contributed by atoms with Crippen LogP contribution in [0.5, 0.6) is 0 Å². The van der Waals surface area contributed by atoms with Crippen molar-refractivity contribution in [1.82, 2.24) is 5.32 Å². The summed E-state index contributed by atoms with van der Waals surface area (Å²) < 4.78 is 0. The van der Waals surface area contributed by atoms with Crippen molar-refractivity contribution in [3.8, 4) is 0 Å². The molecule has 0 saturated carbocycles. The van der Waals surface area contributed by atoms with Crippen LogP contribution in [0.1, 0.15) is 25.8 Å². The van der Waals surface area contributed by atoms with Gasteiger partial charge >= 0.3 is 0 Å². The fraction of sp³-hybridized carbons (Fsp3) is 0.375. The zero-order chi connectivity index (χ0) is 14.5. The predicted molar refractivity (Wildman–Crippen MR) is 77.2 cm³/mol. The van der Waals surface area contributed by atoms with E-state index < -0.39 is 0 Å². The molecular weight excluding hydrogens is 252 g/mol. The molecule has 0 bridgehead atoms. The zero-order valence-electron chi connectivity index (χ0n) is 11.9. The molecule has 0 spiro atoms. The Morgan fingerprint density at radius 3 is 2.60 bits per heavy atom. The van der Waals surface area contributed by atoms with Gasteiger partial charge in [-0.25, -0.2) is 0 Å². The maximum absolute atomic E-state index is 11.8. The highest BCUT2D eigenvalue weighted by molar-refractivity contribution is 6.04. The van der Waals surface area contributed by atoms with Gasteiger partial charge in [0.1, 0.15) is 0 Å². The van der Waals surface area contributed by atoms with Gasteiger partial charge in [-0.15, -0.1) is 0 Å². The van der Waals surface area contributed by atoms with Gasteiger partial charge in [-0.1, -0.05) is 38.1 Å². The minimum atomic E-state index is -0.353. The number of carbonyl (C=O) groups excluding carboxylic acids is 2. The number of para-hydroxylation sites is 1. The molecule has 2 aliphatic heterocycles. The van der Waals surface area contributed by atoms with Crippen LogP contribution < -0.4 is 10.2 Å². The van der Waals surface area contributed by atoms with Gasteiger partial charge in [-0.05, 0) is 11.6 Å². The smallest absolute Gasteiger partial charge is 0.234 e. The fourth-order valence-electron chi connectivity index (χ4n) is 3.20. The Morgan fingerprint density at radius 2 is 2.00 bits per heavy atom. The van der Waals surface area contributed by atoms with Crippen molar-refractivity contribution < 1.29 is 9.59 Å². The average molecular weight is 270 g/mol. The van der Waals surface area contributed by atoms with E-state index in [0.29, 0.717) is 0 Å². The van der Waals surface area contributed by atoms with E-state index in [1.807, 2.05) is 25.3 Å². The first kappa shape index (κ1) is 12.9. The predicted octanol–water partition coefficient (Wildman–Crippen LogP) is 1.96. The van der Waals surface area contributed by atoms with Gasteiger partial charge in [0, 0.05) is 30.3 Å². The van der Waals surface area contributed by atoms with E-state index in [1.165, 1.54) is 5.56 Å². The van der Waals surface area contributed by atoms with Crippen molar-refractivity contribution >= 4 is 17.5 Å². The first-order valence-electron chi connectivity index (χ1n) is 6.80.